The molecule has 8 heterocycles. The largest absolute Gasteiger partial charge is 0.0776 e. The Bertz CT molecular complexity index is 3170. The third-order valence-corrected chi connectivity index (χ3v) is 33.5. The van der Waals surface area contributed by atoms with Crippen molar-refractivity contribution in [2.75, 3.05) is 0 Å². The lowest BCUT2D eigenvalue weighted by Crippen LogP contribution is -1.85. The molecule has 0 saturated heterocycles. The molecular weight excluding hydrogens is 1120 g/mol. The molecule has 0 aromatic heterocycles. The number of fused-ring (bicyclic) bond motifs is 6. The van der Waals surface area contributed by atoms with E-state index in [-0.39, 0.29) is 15.8 Å². The summed E-state index contributed by atoms with van der Waals surface area (Å²) in [5.41, 5.74) is 0. The first-order valence-corrected chi connectivity index (χ1v) is 39.9. The summed E-state index contributed by atoms with van der Waals surface area (Å²) in [6.07, 6.45) is 0. The average molecular weight is 1180 g/mol. The van der Waals surface area contributed by atoms with Crippen molar-refractivity contribution in [2.24, 2.45) is 0 Å². The van der Waals surface area contributed by atoms with E-state index in [0.29, 0.717) is 17.1 Å². The Morgan fingerprint density at radius 1 is 0.257 bits per heavy atom. The fraction of sp³-hybridized carbons (Fsp3) is 0.236. The zero-order chi connectivity index (χ0) is 48.0. The van der Waals surface area contributed by atoms with Crippen molar-refractivity contribution in [2.45, 2.75) is 149 Å². The summed E-state index contributed by atoms with van der Waals surface area (Å²) in [7, 11) is 24.3. The van der Waals surface area contributed by atoms with Gasteiger partial charge in [-0.3, -0.25) is 0 Å². The van der Waals surface area contributed by atoms with Crippen molar-refractivity contribution < 1.29 is 0 Å². The lowest BCUT2D eigenvalue weighted by atomic mass is 9.99. The molecule has 0 fully saturated rings. The maximum absolute atomic E-state index is 2.37. The summed E-state index contributed by atoms with van der Waals surface area (Å²) in [4.78, 5) is 17.7. The number of benzene rings is 9. The molecule has 8 aliphatic rings. The first-order valence-electron chi connectivity index (χ1n) is 23.5. The second-order valence-corrected chi connectivity index (χ2v) is 34.0. The van der Waals surface area contributed by atoms with Crippen molar-refractivity contribution in [1.82, 2.24) is 0 Å². The van der Waals surface area contributed by atoms with Gasteiger partial charge in [0.15, 0.2) is 0 Å². The molecule has 0 unspecified atom stereocenters. The van der Waals surface area contributed by atoms with Crippen molar-refractivity contribution in [3.63, 3.8) is 0 Å². The molecule has 0 aliphatic carbocycles. The van der Waals surface area contributed by atoms with Crippen LogP contribution in [0.4, 0.5) is 0 Å². The molecule has 17 rings (SSSR count). The summed E-state index contributed by atoms with van der Waals surface area (Å²) in [5.74, 6) is 0. The van der Waals surface area contributed by atoms with Crippen molar-refractivity contribution in [3.05, 3.63) is 106 Å². The van der Waals surface area contributed by atoms with E-state index in [9.17, 15) is 0 Å². The van der Waals surface area contributed by atoms with E-state index in [4.69, 9.17) is 0 Å². The van der Waals surface area contributed by atoms with Crippen LogP contribution in [0.15, 0.2) is 156 Å². The Kier molecular flexibility index (Phi) is 20.5. The van der Waals surface area contributed by atoms with Crippen LogP contribution in [0.1, 0.15) is 90.5 Å². The van der Waals surface area contributed by atoms with Gasteiger partial charge in [-0.15, -0.1) is 0 Å². The minimum atomic E-state index is 0. The molecule has 0 saturated carbocycles. The second-order valence-electron chi connectivity index (χ2n) is 13.8. The predicted octanol–water partition coefficient (Wildman–Crippen LogP) is 26.0. The van der Waals surface area contributed by atoms with E-state index in [1.165, 1.54) is 102 Å². The molecule has 0 N–H and O–H groups in total. The Balaban J connectivity index is 0.000000140. The van der Waals surface area contributed by atoms with E-state index >= 15 is 0 Å². The van der Waals surface area contributed by atoms with Crippen LogP contribution in [0.2, 0.25) is 0 Å². The van der Waals surface area contributed by atoms with E-state index < -0.39 is 0 Å². The van der Waals surface area contributed by atoms with Gasteiger partial charge in [0.05, 0.1) is 0 Å². The number of rotatable bonds is 0. The zero-order valence-corrected chi connectivity index (χ0v) is 52.0. The standard InChI is InChI=1S/C18H8S4.C14H4S6.C10H4S4.6C2H6.CH4.B/c1-2-6-10-9(5-1)15-13-14-16(10)20-22-18(14)12-8-4-3-7-11(12)17(13)21-19-15;1-2-6-10-9-5(1)15-19-13(9)11-7(17-19)3-4-8-12(11)14(10)20(16-6)18-8;1-2-6-10-8(14-12-6)4-3-7-9(10)5(1)11-13-7;6*1-2;;/h1-8H;1-4H;1-4H;6*1-2H3;1H4;. The van der Waals surface area contributed by atoms with Crippen LogP contribution in [0.5, 0.6) is 0 Å². The van der Waals surface area contributed by atoms with Crippen molar-refractivity contribution in [3.8, 4) is 0 Å². The highest BCUT2D eigenvalue weighted by molar-refractivity contribution is 9.14. The number of hydrogen-bond donors (Lipinski definition) is 0. The highest BCUT2D eigenvalue weighted by atomic mass is 33.5. The third-order valence-electron chi connectivity index (χ3n) is 11.0. The van der Waals surface area contributed by atoms with E-state index in [1.807, 2.05) is 169 Å². The summed E-state index contributed by atoms with van der Waals surface area (Å²) in [5, 5.41) is 18.1. The van der Waals surface area contributed by atoms with Crippen LogP contribution in [0.3, 0.4) is 0 Å². The molecule has 0 bridgehead atoms. The van der Waals surface area contributed by atoms with Gasteiger partial charge in [0.1, 0.15) is 0 Å². The molecule has 0 amide bonds. The summed E-state index contributed by atoms with van der Waals surface area (Å²) < 4.78 is 3.35. The molecule has 0 atom stereocenters. The Morgan fingerprint density at radius 3 is 0.700 bits per heavy atom. The summed E-state index contributed by atoms with van der Waals surface area (Å²) in [6.45, 7) is 24.0. The van der Waals surface area contributed by atoms with Crippen LogP contribution in [-0.4, -0.2) is 8.41 Å². The first kappa shape index (κ1) is 57.2. The van der Waals surface area contributed by atoms with Gasteiger partial charge in [-0.25, -0.2) is 0 Å². The van der Waals surface area contributed by atoms with Gasteiger partial charge < -0.3 is 0 Å². The SMILES string of the molecule is C.CC.CC.CC.CC.CC.CC.[B].c1cc2c3c(ccc4c3c1SS4)SS2.c1cc2c3c4c5c(ccc6c5c5c3c1SS=5S6)SS=4S2.c1ccc2c3c4c(c5ccccc5c5c4c(c2c1)SS5)SS3. The van der Waals surface area contributed by atoms with Gasteiger partial charge in [0, 0.05) is 119 Å². The Hall–Kier alpha value is -0.495. The lowest BCUT2D eigenvalue weighted by molar-refractivity contribution is 1.36. The minimum absolute atomic E-state index is 0. The molecule has 70 heavy (non-hydrogen) atoms. The van der Waals surface area contributed by atoms with Gasteiger partial charge in [-0.1, -0.05) is 286 Å². The fourth-order valence-corrected chi connectivity index (χ4v) is 33.9. The van der Waals surface area contributed by atoms with Gasteiger partial charge >= 0.3 is 0 Å². The third kappa shape index (κ3) is 9.06. The monoisotopic (exact) mass is 1180 g/mol. The van der Waals surface area contributed by atoms with E-state index in [2.05, 4.69) is 140 Å². The lowest BCUT2D eigenvalue weighted by Gasteiger charge is -2.10. The summed E-state index contributed by atoms with van der Waals surface area (Å²) >= 11 is 0. The smallest absolute Gasteiger partial charge is 0.0368 e. The van der Waals surface area contributed by atoms with Crippen LogP contribution in [0, 0.1) is 9.02 Å². The first-order chi connectivity index (χ1) is 33.8. The topological polar surface area (TPSA) is 0 Å². The van der Waals surface area contributed by atoms with Gasteiger partial charge in [0.25, 0.3) is 0 Å². The quantitative estimate of drug-likeness (QED) is 0.0615. The normalized spacial score (nSPS) is 14.7. The molecule has 0 spiro atoms. The molecule has 9 aromatic rings. The number of hydrogen-bond acceptors (Lipinski definition) is 12. The van der Waals surface area contributed by atoms with Crippen molar-refractivity contribution in [1.29, 1.82) is 0 Å². The molecule has 15 heteroatoms. The molecule has 3 radical (unpaired) electrons. The zero-order valence-electron chi connectivity index (χ0n) is 40.5. The second kappa shape index (κ2) is 25.1. The van der Waals surface area contributed by atoms with Crippen LogP contribution >= 0.6 is 147 Å². The summed E-state index contributed by atoms with van der Waals surface area (Å²) in [6, 6.07) is 36.3. The van der Waals surface area contributed by atoms with E-state index in [1.54, 1.807) is 30.6 Å². The average Bonchev–Trinajstić information content (AvgIpc) is 4.29. The Labute approximate surface area is 469 Å². The Morgan fingerprint density at radius 2 is 0.471 bits per heavy atom. The highest BCUT2D eigenvalue weighted by Gasteiger charge is 2.35. The van der Waals surface area contributed by atoms with Crippen molar-refractivity contribution >= 4 is 220 Å². The van der Waals surface area contributed by atoms with Gasteiger partial charge in [0.2, 0.25) is 0 Å². The van der Waals surface area contributed by atoms with Crippen LogP contribution < -0.4 is 0 Å². The van der Waals surface area contributed by atoms with Crippen LogP contribution in [-0.2, 0) is 0 Å². The molecule has 8 aliphatic heterocycles. The maximum Gasteiger partial charge on any atom is 0.0368 e. The van der Waals surface area contributed by atoms with E-state index in [0.717, 1.165) is 0 Å². The predicted molar refractivity (Wildman–Crippen MR) is 348 cm³/mol. The molecular formula is C55H56BS14. The molecule has 9 aromatic carbocycles. The van der Waals surface area contributed by atoms with Gasteiger partial charge in [-0.05, 0) is 70.1 Å². The van der Waals surface area contributed by atoms with Crippen LogP contribution in [0.25, 0.3) is 64.6 Å². The molecule has 363 valence electrons. The minimum Gasteiger partial charge on any atom is -0.0776 e. The highest BCUT2D eigenvalue weighted by Crippen LogP contribution is 2.73. The fourth-order valence-electron chi connectivity index (χ4n) is 8.72. The molecule has 0 nitrogen and oxygen atoms in total. The van der Waals surface area contributed by atoms with Gasteiger partial charge in [-0.2, -0.15) is 0 Å². The maximum atomic E-state index is 2.37.